The molecule has 0 bridgehead atoms. The van der Waals surface area contributed by atoms with E-state index in [-0.39, 0.29) is 6.61 Å². The highest BCUT2D eigenvalue weighted by Crippen LogP contribution is 2.20. The smallest absolute Gasteiger partial charge is 0.135 e. The summed E-state index contributed by atoms with van der Waals surface area (Å²) in [6.07, 6.45) is 0.800. The van der Waals surface area contributed by atoms with Gasteiger partial charge in [0.25, 0.3) is 0 Å². The van der Waals surface area contributed by atoms with Gasteiger partial charge in [0, 0.05) is 45.4 Å². The van der Waals surface area contributed by atoms with Gasteiger partial charge in [-0.05, 0) is 46.9 Å². The van der Waals surface area contributed by atoms with Crippen molar-refractivity contribution in [3.8, 4) is 0 Å². The van der Waals surface area contributed by atoms with Crippen LogP contribution in [0, 0.1) is 6.92 Å². The molecular weight excluding hydrogens is 340 g/mol. The van der Waals surface area contributed by atoms with Gasteiger partial charge >= 0.3 is 0 Å². The van der Waals surface area contributed by atoms with Gasteiger partial charge in [-0.25, -0.2) is 4.63 Å². The molecule has 27 heavy (non-hydrogen) atoms. The fraction of sp³-hybridized carbons (Fsp3) is 0.429. The van der Waals surface area contributed by atoms with Crippen LogP contribution in [0.2, 0.25) is 0 Å². The summed E-state index contributed by atoms with van der Waals surface area (Å²) in [5.41, 5.74) is 5.43. The zero-order valence-electron chi connectivity index (χ0n) is 15.7. The standard InChI is InChI=1S/C21H26N4O2/c1-16-2-4-17(5-3-16)14-25-10-9-24(15-19(25)8-11-26)13-18-6-7-20-21(12-18)23-27-22-20/h2-7,12,19,26H,8-11,13-15H2,1H3/t19-/m1/s1. The average molecular weight is 366 g/mol. The third-order valence-electron chi connectivity index (χ3n) is 5.38. The number of benzene rings is 2. The summed E-state index contributed by atoms with van der Waals surface area (Å²) in [5.74, 6) is 0. The second kappa shape index (κ2) is 8.17. The lowest BCUT2D eigenvalue weighted by Crippen LogP contribution is -2.52. The van der Waals surface area contributed by atoms with E-state index in [2.05, 4.69) is 57.4 Å². The SMILES string of the molecule is Cc1ccc(CN2CCN(Cc3ccc4nonc4c3)C[C@H]2CCO)cc1. The summed E-state index contributed by atoms with van der Waals surface area (Å²) in [7, 11) is 0. The third-order valence-corrected chi connectivity index (χ3v) is 5.38. The minimum atomic E-state index is 0.222. The first-order valence-electron chi connectivity index (χ1n) is 9.55. The van der Waals surface area contributed by atoms with Crippen LogP contribution in [-0.4, -0.2) is 57.5 Å². The monoisotopic (exact) mass is 366 g/mol. The Morgan fingerprint density at radius 1 is 1.00 bits per heavy atom. The molecule has 1 aliphatic heterocycles. The second-order valence-electron chi connectivity index (χ2n) is 7.44. The van der Waals surface area contributed by atoms with Crippen LogP contribution in [0.4, 0.5) is 0 Å². The van der Waals surface area contributed by atoms with Crippen molar-refractivity contribution in [2.45, 2.75) is 32.5 Å². The van der Waals surface area contributed by atoms with E-state index in [0.29, 0.717) is 6.04 Å². The molecule has 0 saturated carbocycles. The van der Waals surface area contributed by atoms with Crippen molar-refractivity contribution in [3.05, 3.63) is 59.2 Å². The van der Waals surface area contributed by atoms with Gasteiger partial charge in [0.1, 0.15) is 11.0 Å². The maximum atomic E-state index is 9.54. The highest BCUT2D eigenvalue weighted by Gasteiger charge is 2.26. The Bertz CT molecular complexity index is 877. The molecule has 6 nitrogen and oxygen atoms in total. The maximum Gasteiger partial charge on any atom is 0.135 e. The molecule has 1 aliphatic rings. The zero-order chi connectivity index (χ0) is 18.6. The van der Waals surface area contributed by atoms with Gasteiger partial charge in [0.15, 0.2) is 0 Å². The molecule has 0 radical (unpaired) electrons. The molecule has 0 spiro atoms. The van der Waals surface area contributed by atoms with Crippen molar-refractivity contribution in [3.63, 3.8) is 0 Å². The summed E-state index contributed by atoms with van der Waals surface area (Å²) in [6, 6.07) is 15.2. The lowest BCUT2D eigenvalue weighted by atomic mass is 10.1. The molecule has 1 N–H and O–H groups in total. The molecule has 2 heterocycles. The predicted octanol–water partition coefficient (Wildman–Crippen LogP) is 2.60. The number of fused-ring (bicyclic) bond motifs is 1. The highest BCUT2D eigenvalue weighted by atomic mass is 16.6. The van der Waals surface area contributed by atoms with Crippen LogP contribution >= 0.6 is 0 Å². The molecule has 3 aromatic rings. The van der Waals surface area contributed by atoms with Crippen molar-refractivity contribution in [1.29, 1.82) is 0 Å². The lowest BCUT2D eigenvalue weighted by molar-refractivity contribution is 0.0500. The molecule has 4 rings (SSSR count). The number of aryl methyl sites for hydroxylation is 1. The Kier molecular flexibility index (Phi) is 5.48. The summed E-state index contributed by atoms with van der Waals surface area (Å²) >= 11 is 0. The van der Waals surface area contributed by atoms with Crippen LogP contribution in [0.3, 0.4) is 0 Å². The van der Waals surface area contributed by atoms with Gasteiger partial charge in [-0.1, -0.05) is 35.9 Å². The van der Waals surface area contributed by atoms with E-state index in [0.717, 1.165) is 50.2 Å². The van der Waals surface area contributed by atoms with Gasteiger partial charge in [0.2, 0.25) is 0 Å². The van der Waals surface area contributed by atoms with Crippen molar-refractivity contribution in [1.82, 2.24) is 20.1 Å². The van der Waals surface area contributed by atoms with Gasteiger partial charge in [-0.3, -0.25) is 9.80 Å². The van der Waals surface area contributed by atoms with Crippen LogP contribution in [0.1, 0.15) is 23.1 Å². The number of hydrogen-bond acceptors (Lipinski definition) is 6. The van der Waals surface area contributed by atoms with Crippen LogP contribution < -0.4 is 0 Å². The summed E-state index contributed by atoms with van der Waals surface area (Å²) in [4.78, 5) is 4.96. The number of piperazine rings is 1. The van der Waals surface area contributed by atoms with Crippen LogP contribution in [-0.2, 0) is 13.1 Å². The Labute approximate surface area is 159 Å². The molecule has 2 aromatic carbocycles. The number of aromatic nitrogens is 2. The van der Waals surface area contributed by atoms with Crippen LogP contribution in [0.5, 0.6) is 0 Å². The quantitative estimate of drug-likeness (QED) is 0.723. The molecular formula is C21H26N4O2. The largest absolute Gasteiger partial charge is 0.396 e. The Morgan fingerprint density at radius 3 is 2.59 bits per heavy atom. The molecule has 142 valence electrons. The fourth-order valence-corrected chi connectivity index (χ4v) is 3.84. The number of rotatable bonds is 6. The zero-order valence-corrected chi connectivity index (χ0v) is 15.7. The van der Waals surface area contributed by atoms with E-state index in [4.69, 9.17) is 4.63 Å². The topological polar surface area (TPSA) is 65.6 Å². The predicted molar refractivity (Wildman–Crippen MR) is 104 cm³/mol. The molecule has 1 aromatic heterocycles. The van der Waals surface area contributed by atoms with E-state index in [1.807, 2.05) is 12.1 Å². The average Bonchev–Trinajstić information content (AvgIpc) is 3.14. The Hall–Kier alpha value is -2.28. The third kappa shape index (κ3) is 4.35. The minimum Gasteiger partial charge on any atom is -0.396 e. The highest BCUT2D eigenvalue weighted by molar-refractivity contribution is 5.73. The number of hydrogen-bond donors (Lipinski definition) is 1. The summed E-state index contributed by atoms with van der Waals surface area (Å²) in [6.45, 7) is 7.14. The second-order valence-corrected chi connectivity index (χ2v) is 7.44. The van der Waals surface area contributed by atoms with E-state index in [1.54, 1.807) is 0 Å². The van der Waals surface area contributed by atoms with Crippen molar-refractivity contribution < 1.29 is 9.74 Å². The molecule has 0 unspecified atom stereocenters. The first-order chi connectivity index (χ1) is 13.2. The van der Waals surface area contributed by atoms with Crippen molar-refractivity contribution >= 4 is 11.0 Å². The molecule has 6 heteroatoms. The van der Waals surface area contributed by atoms with Gasteiger partial charge in [0.05, 0.1) is 0 Å². The molecule has 0 aliphatic carbocycles. The normalized spacial score (nSPS) is 19.0. The Balaban J connectivity index is 1.41. The molecule has 0 amide bonds. The molecule has 1 atom stereocenters. The lowest BCUT2D eigenvalue weighted by Gasteiger charge is -2.41. The van der Waals surface area contributed by atoms with Gasteiger partial charge < -0.3 is 5.11 Å². The number of aliphatic hydroxyl groups is 1. The van der Waals surface area contributed by atoms with Crippen molar-refractivity contribution in [2.75, 3.05) is 26.2 Å². The van der Waals surface area contributed by atoms with E-state index in [1.165, 1.54) is 16.7 Å². The number of nitrogens with zero attached hydrogens (tertiary/aromatic N) is 4. The maximum absolute atomic E-state index is 9.54. The summed E-state index contributed by atoms with van der Waals surface area (Å²) < 4.78 is 4.79. The fourth-order valence-electron chi connectivity index (χ4n) is 3.84. The van der Waals surface area contributed by atoms with Gasteiger partial charge in [-0.2, -0.15) is 0 Å². The van der Waals surface area contributed by atoms with E-state index < -0.39 is 0 Å². The minimum absolute atomic E-state index is 0.222. The van der Waals surface area contributed by atoms with E-state index in [9.17, 15) is 5.11 Å². The van der Waals surface area contributed by atoms with E-state index >= 15 is 0 Å². The Morgan fingerprint density at radius 2 is 1.78 bits per heavy atom. The molecule has 1 saturated heterocycles. The summed E-state index contributed by atoms with van der Waals surface area (Å²) in [5, 5.41) is 17.3. The van der Waals surface area contributed by atoms with Crippen LogP contribution in [0.15, 0.2) is 47.1 Å². The van der Waals surface area contributed by atoms with Gasteiger partial charge in [-0.15, -0.1) is 0 Å². The first-order valence-corrected chi connectivity index (χ1v) is 9.55. The van der Waals surface area contributed by atoms with Crippen molar-refractivity contribution in [2.24, 2.45) is 0 Å². The number of aliphatic hydroxyl groups excluding tert-OH is 1. The molecule has 1 fully saturated rings. The van der Waals surface area contributed by atoms with Crippen LogP contribution in [0.25, 0.3) is 11.0 Å². The first kappa shape index (κ1) is 18.1.